The number of hydrazine groups is 1. The van der Waals surface area contributed by atoms with Gasteiger partial charge in [-0.2, -0.15) is 0 Å². The lowest BCUT2D eigenvalue weighted by Crippen LogP contribution is -2.60. The Labute approximate surface area is 324 Å². The van der Waals surface area contributed by atoms with Gasteiger partial charge in [0.15, 0.2) is 0 Å². The second kappa shape index (κ2) is 19.4. The fourth-order valence-electron chi connectivity index (χ4n) is 6.75. The number of aryl methyl sites for hydroxylation is 1. The van der Waals surface area contributed by atoms with Crippen LogP contribution in [-0.4, -0.2) is 105 Å². The van der Waals surface area contributed by atoms with Gasteiger partial charge in [-0.15, -0.1) is 0 Å². The first-order valence-electron chi connectivity index (χ1n) is 18.8. The zero-order valence-electron chi connectivity index (χ0n) is 33.0. The number of hydrogen-bond donors (Lipinski definition) is 5. The van der Waals surface area contributed by atoms with Crippen molar-refractivity contribution >= 4 is 23.9 Å². The lowest BCUT2D eigenvalue weighted by atomic mass is 9.86. The number of rotatable bonds is 18. The Balaban J connectivity index is 1.61. The number of nitrogens with zero attached hydrogens (tertiary/aromatic N) is 4. The molecule has 1 saturated heterocycles. The minimum atomic E-state index is -1.35. The van der Waals surface area contributed by atoms with Crippen LogP contribution < -0.4 is 20.8 Å². The Kier molecular flexibility index (Phi) is 15.0. The van der Waals surface area contributed by atoms with E-state index in [1.54, 1.807) is 55.9 Å². The van der Waals surface area contributed by atoms with Crippen LogP contribution in [0.3, 0.4) is 0 Å². The molecule has 298 valence electrons. The molecule has 1 aromatic heterocycles. The van der Waals surface area contributed by atoms with Gasteiger partial charge in [0.25, 0.3) is 5.91 Å². The van der Waals surface area contributed by atoms with Crippen LogP contribution in [0.2, 0.25) is 0 Å². The van der Waals surface area contributed by atoms with E-state index in [2.05, 4.69) is 21.0 Å². The molecule has 0 saturated carbocycles. The third kappa shape index (κ3) is 12.1. The van der Waals surface area contributed by atoms with E-state index in [9.17, 15) is 29.4 Å². The van der Waals surface area contributed by atoms with Crippen molar-refractivity contribution in [2.45, 2.75) is 91.7 Å². The third-order valence-corrected chi connectivity index (χ3v) is 9.88. The van der Waals surface area contributed by atoms with E-state index in [4.69, 9.17) is 4.74 Å². The Hall–Kier alpha value is -5.21. The molecule has 14 nitrogen and oxygen atoms in total. The van der Waals surface area contributed by atoms with Gasteiger partial charge >= 0.3 is 12.1 Å². The molecular formula is C41H57N7O7. The number of ether oxygens (including phenoxy) is 1. The fourth-order valence-corrected chi connectivity index (χ4v) is 6.75. The molecule has 0 radical (unpaired) electrons. The number of carbonyl (C=O) groups is 4. The van der Waals surface area contributed by atoms with Crippen LogP contribution in [0.25, 0.3) is 0 Å². The molecule has 3 aromatic rings. The van der Waals surface area contributed by atoms with Crippen LogP contribution in [-0.2, 0) is 29.1 Å². The summed E-state index contributed by atoms with van der Waals surface area (Å²) in [6.45, 7) is 12.2. The van der Waals surface area contributed by atoms with E-state index in [0.29, 0.717) is 31.8 Å². The average Bonchev–Trinajstić information content (AvgIpc) is 3.48. The maximum Gasteiger partial charge on any atom is 0.405 e. The van der Waals surface area contributed by atoms with E-state index in [0.717, 1.165) is 22.5 Å². The SMILES string of the molecule is CC[C@H](C)[C@@H](C(=O)N[C@@H](Cc1ccccc1)[C@@H](O)CN(Cc1cccc(OC)c1)NC(=O)[C@@H](NC(=O)O)C(C)(C)C)N1CCN(Cc2cccc(C)n2)C1=O. The molecule has 4 rings (SSSR count). The molecule has 5 N–H and O–H groups in total. The van der Waals surface area contributed by atoms with Crippen LogP contribution in [0.15, 0.2) is 72.8 Å². The second-order valence-corrected chi connectivity index (χ2v) is 15.3. The van der Waals surface area contributed by atoms with Crippen LogP contribution in [0.5, 0.6) is 5.75 Å². The topological polar surface area (TPSA) is 177 Å². The first-order chi connectivity index (χ1) is 26.1. The van der Waals surface area contributed by atoms with Gasteiger partial charge < -0.3 is 35.4 Å². The summed E-state index contributed by atoms with van der Waals surface area (Å²) in [5.41, 5.74) is 5.30. The van der Waals surface area contributed by atoms with Crippen molar-refractivity contribution in [3.8, 4) is 5.75 Å². The van der Waals surface area contributed by atoms with Gasteiger partial charge in [0.2, 0.25) is 5.91 Å². The van der Waals surface area contributed by atoms with Gasteiger partial charge in [-0.1, -0.05) is 89.6 Å². The molecule has 2 aromatic carbocycles. The van der Waals surface area contributed by atoms with Gasteiger partial charge in [0.1, 0.15) is 17.8 Å². The van der Waals surface area contributed by atoms with Crippen molar-refractivity contribution in [2.75, 3.05) is 26.7 Å². The highest BCUT2D eigenvalue weighted by Crippen LogP contribution is 2.24. The molecule has 55 heavy (non-hydrogen) atoms. The minimum absolute atomic E-state index is 0.124. The number of benzene rings is 2. The lowest BCUT2D eigenvalue weighted by molar-refractivity contribution is -0.132. The molecule has 1 aliphatic rings. The Bertz CT molecular complexity index is 1750. The predicted octanol–water partition coefficient (Wildman–Crippen LogP) is 4.36. The molecule has 0 aliphatic carbocycles. The number of hydrogen-bond acceptors (Lipinski definition) is 8. The number of aliphatic hydroxyl groups excluding tert-OH is 1. The summed E-state index contributed by atoms with van der Waals surface area (Å²) < 4.78 is 5.40. The van der Waals surface area contributed by atoms with Crippen LogP contribution >= 0.6 is 0 Å². The number of aliphatic hydroxyl groups is 1. The van der Waals surface area contributed by atoms with Crippen molar-refractivity contribution in [1.82, 2.24) is 35.9 Å². The van der Waals surface area contributed by atoms with Crippen molar-refractivity contribution in [3.05, 3.63) is 95.3 Å². The zero-order chi connectivity index (χ0) is 40.3. The maximum absolute atomic E-state index is 14.4. The van der Waals surface area contributed by atoms with Crippen molar-refractivity contribution in [1.29, 1.82) is 0 Å². The summed E-state index contributed by atoms with van der Waals surface area (Å²) in [7, 11) is 1.55. The first-order valence-corrected chi connectivity index (χ1v) is 18.8. The molecule has 1 fully saturated rings. The summed E-state index contributed by atoms with van der Waals surface area (Å²) >= 11 is 0. The zero-order valence-corrected chi connectivity index (χ0v) is 33.0. The van der Waals surface area contributed by atoms with Gasteiger partial charge in [0, 0.05) is 31.9 Å². The predicted molar refractivity (Wildman–Crippen MR) is 209 cm³/mol. The van der Waals surface area contributed by atoms with E-state index in [1.807, 2.05) is 75.4 Å². The lowest BCUT2D eigenvalue weighted by Gasteiger charge is -2.36. The van der Waals surface area contributed by atoms with Crippen LogP contribution in [0.4, 0.5) is 9.59 Å². The number of carbonyl (C=O) groups excluding carboxylic acids is 3. The summed E-state index contributed by atoms with van der Waals surface area (Å²) in [5, 5.41) is 28.5. The minimum Gasteiger partial charge on any atom is -0.497 e. The molecule has 14 heteroatoms. The standard InChI is InChI=1S/C41H57N7O7/c1-8-27(2)35(48-21-20-46(40(48)54)25-31-18-12-14-28(3)42-31)37(50)43-33(23-29-15-10-9-11-16-29)34(49)26-47(24-30-17-13-19-32(22-30)55-7)45-38(51)36(41(4,5)6)44-39(52)53/h9-19,22,27,33-36,44,49H,8,20-21,23-26H2,1-7H3,(H,43,50)(H,45,51)(H,52,53)/t27-,33-,34-,35-,36+/m0/s1. The molecule has 0 unspecified atom stereocenters. The van der Waals surface area contributed by atoms with E-state index < -0.39 is 41.6 Å². The number of nitrogens with one attached hydrogen (secondary N) is 3. The smallest absolute Gasteiger partial charge is 0.405 e. The second-order valence-electron chi connectivity index (χ2n) is 15.3. The quantitative estimate of drug-likeness (QED) is 0.118. The molecule has 5 amide bonds. The largest absolute Gasteiger partial charge is 0.497 e. The Morgan fingerprint density at radius 3 is 2.29 bits per heavy atom. The Morgan fingerprint density at radius 1 is 0.964 bits per heavy atom. The van der Waals surface area contributed by atoms with Gasteiger partial charge in [0.05, 0.1) is 31.5 Å². The highest BCUT2D eigenvalue weighted by atomic mass is 16.5. The van der Waals surface area contributed by atoms with E-state index >= 15 is 0 Å². The number of carboxylic acid groups (broad SMARTS) is 1. The van der Waals surface area contributed by atoms with Crippen LogP contribution in [0, 0.1) is 18.3 Å². The van der Waals surface area contributed by atoms with Crippen molar-refractivity contribution in [2.24, 2.45) is 11.3 Å². The molecule has 5 atom stereocenters. The highest BCUT2D eigenvalue weighted by Gasteiger charge is 2.41. The normalized spacial score (nSPS) is 15.9. The number of pyridine rings is 1. The molecule has 1 aliphatic heterocycles. The third-order valence-electron chi connectivity index (χ3n) is 9.88. The monoisotopic (exact) mass is 759 g/mol. The number of aromatic nitrogens is 1. The fraction of sp³-hybridized carbons (Fsp3) is 0.488. The summed E-state index contributed by atoms with van der Waals surface area (Å²) in [6, 6.07) is 19.3. The van der Waals surface area contributed by atoms with Gasteiger partial charge in [-0.3, -0.25) is 20.0 Å². The van der Waals surface area contributed by atoms with E-state index in [1.165, 1.54) is 5.01 Å². The summed E-state index contributed by atoms with van der Waals surface area (Å²) in [5.74, 6) is -0.598. The molecule has 0 bridgehead atoms. The molecule has 0 spiro atoms. The number of urea groups is 1. The average molecular weight is 760 g/mol. The molecular weight excluding hydrogens is 702 g/mol. The van der Waals surface area contributed by atoms with Crippen molar-refractivity contribution in [3.63, 3.8) is 0 Å². The van der Waals surface area contributed by atoms with Gasteiger partial charge in [-0.25, -0.2) is 14.6 Å². The Morgan fingerprint density at radius 2 is 1.65 bits per heavy atom. The van der Waals surface area contributed by atoms with E-state index in [-0.39, 0.29) is 37.4 Å². The highest BCUT2D eigenvalue weighted by molar-refractivity contribution is 5.88. The number of amides is 5. The van der Waals surface area contributed by atoms with Crippen LogP contribution in [0.1, 0.15) is 63.6 Å². The maximum atomic E-state index is 14.4. The first kappa shape index (κ1) is 42.5. The summed E-state index contributed by atoms with van der Waals surface area (Å²) in [4.78, 5) is 61.5. The van der Waals surface area contributed by atoms with Crippen molar-refractivity contribution < 1.29 is 34.1 Å². The number of methoxy groups -OCH3 is 1. The van der Waals surface area contributed by atoms with Gasteiger partial charge in [-0.05, 0) is 60.1 Å². The molecule has 2 heterocycles. The summed E-state index contributed by atoms with van der Waals surface area (Å²) in [6.07, 6.45) is -1.69.